The summed E-state index contributed by atoms with van der Waals surface area (Å²) >= 11 is 0. The van der Waals surface area contributed by atoms with Crippen molar-refractivity contribution in [2.75, 3.05) is 16.8 Å². The largest absolute Gasteiger partial charge is 0.326 e. The van der Waals surface area contributed by atoms with Crippen LogP contribution in [0.15, 0.2) is 54.6 Å². The second kappa shape index (κ2) is 9.83. The summed E-state index contributed by atoms with van der Waals surface area (Å²) in [4.78, 5) is 26.8. The molecular formula is C23H23N7O2. The van der Waals surface area contributed by atoms with Crippen LogP contribution in [0, 0.1) is 11.3 Å². The normalized spacial score (nSPS) is 12.7. The summed E-state index contributed by atoms with van der Waals surface area (Å²) in [6.45, 7) is 0.290. The summed E-state index contributed by atoms with van der Waals surface area (Å²) in [5, 5.41) is 23.7. The summed E-state index contributed by atoms with van der Waals surface area (Å²) in [6, 6.07) is 18.9. The van der Waals surface area contributed by atoms with E-state index in [1.54, 1.807) is 11.0 Å². The van der Waals surface area contributed by atoms with Crippen LogP contribution in [0.1, 0.15) is 38.1 Å². The molecule has 9 heteroatoms. The number of tetrazole rings is 1. The molecule has 1 N–H and O–H groups in total. The van der Waals surface area contributed by atoms with Crippen molar-refractivity contribution in [1.29, 1.82) is 5.26 Å². The van der Waals surface area contributed by atoms with Crippen LogP contribution in [0.25, 0.3) is 11.4 Å². The molecule has 1 aliphatic rings. The monoisotopic (exact) mass is 429 g/mol. The predicted molar refractivity (Wildman–Crippen MR) is 118 cm³/mol. The van der Waals surface area contributed by atoms with Crippen LogP contribution >= 0.6 is 0 Å². The Morgan fingerprint density at radius 3 is 2.69 bits per heavy atom. The van der Waals surface area contributed by atoms with Crippen LogP contribution in [0.4, 0.5) is 11.4 Å². The quantitative estimate of drug-likeness (QED) is 0.557. The molecule has 2 amide bonds. The second-order valence-corrected chi connectivity index (χ2v) is 7.60. The van der Waals surface area contributed by atoms with Gasteiger partial charge in [-0.05, 0) is 47.5 Å². The number of nitrogens with one attached hydrogen (secondary N) is 1. The highest BCUT2D eigenvalue weighted by molar-refractivity contribution is 5.98. The summed E-state index contributed by atoms with van der Waals surface area (Å²) in [6.07, 6.45) is 2.44. The first kappa shape index (κ1) is 21.2. The number of para-hydroxylation sites is 1. The van der Waals surface area contributed by atoms with Crippen molar-refractivity contribution in [1.82, 2.24) is 20.2 Å². The lowest BCUT2D eigenvalue weighted by molar-refractivity contribution is -0.122. The van der Waals surface area contributed by atoms with Crippen molar-refractivity contribution in [2.24, 2.45) is 0 Å². The number of nitriles is 1. The Morgan fingerprint density at radius 2 is 1.94 bits per heavy atom. The molecule has 0 radical (unpaired) electrons. The first-order valence-electron chi connectivity index (χ1n) is 10.6. The van der Waals surface area contributed by atoms with Gasteiger partial charge < -0.3 is 10.2 Å². The number of rotatable bonds is 9. The molecule has 1 heterocycles. The fraction of sp³-hybridized carbons (Fsp3) is 0.304. The summed E-state index contributed by atoms with van der Waals surface area (Å²) in [5.74, 6) is 0.222. The SMILES string of the molecule is N#CCCN(C(=O)CCC(=O)Nc1cccc(-c2nnnn2C2CC2)c1)c1ccccc1. The summed E-state index contributed by atoms with van der Waals surface area (Å²) in [5.41, 5.74) is 2.16. The van der Waals surface area contributed by atoms with E-state index in [9.17, 15) is 9.59 Å². The molecule has 1 aliphatic carbocycles. The first-order valence-corrected chi connectivity index (χ1v) is 10.6. The molecule has 32 heavy (non-hydrogen) atoms. The molecule has 1 aromatic heterocycles. The maximum Gasteiger partial charge on any atom is 0.227 e. The molecule has 9 nitrogen and oxygen atoms in total. The zero-order valence-corrected chi connectivity index (χ0v) is 17.5. The van der Waals surface area contributed by atoms with Gasteiger partial charge in [-0.25, -0.2) is 4.68 Å². The van der Waals surface area contributed by atoms with E-state index in [-0.39, 0.29) is 31.1 Å². The van der Waals surface area contributed by atoms with Gasteiger partial charge in [0.15, 0.2) is 5.82 Å². The number of hydrogen-bond donors (Lipinski definition) is 1. The van der Waals surface area contributed by atoms with Gasteiger partial charge in [-0.2, -0.15) is 5.26 Å². The van der Waals surface area contributed by atoms with Gasteiger partial charge in [-0.15, -0.1) is 5.10 Å². The minimum Gasteiger partial charge on any atom is -0.326 e. The second-order valence-electron chi connectivity index (χ2n) is 7.60. The van der Waals surface area contributed by atoms with Crippen LogP contribution in [-0.2, 0) is 9.59 Å². The Morgan fingerprint density at radius 1 is 1.12 bits per heavy atom. The number of hydrogen-bond acceptors (Lipinski definition) is 6. The van der Waals surface area contributed by atoms with E-state index in [1.807, 2.05) is 53.2 Å². The van der Waals surface area contributed by atoms with Gasteiger partial charge in [0, 0.05) is 36.3 Å². The highest BCUT2D eigenvalue weighted by Crippen LogP contribution is 2.36. The van der Waals surface area contributed by atoms with E-state index < -0.39 is 0 Å². The van der Waals surface area contributed by atoms with Crippen LogP contribution in [0.5, 0.6) is 0 Å². The summed E-state index contributed by atoms with van der Waals surface area (Å²) < 4.78 is 1.82. The smallest absolute Gasteiger partial charge is 0.227 e. The van der Waals surface area contributed by atoms with Gasteiger partial charge in [0.25, 0.3) is 0 Å². The zero-order valence-electron chi connectivity index (χ0n) is 17.5. The number of anilines is 2. The van der Waals surface area contributed by atoms with Crippen LogP contribution in [-0.4, -0.2) is 38.6 Å². The third kappa shape index (κ3) is 5.16. The van der Waals surface area contributed by atoms with Gasteiger partial charge in [0.1, 0.15) is 0 Å². The van der Waals surface area contributed by atoms with Crippen molar-refractivity contribution in [3.8, 4) is 17.5 Å². The third-order valence-electron chi connectivity index (χ3n) is 5.17. The molecule has 0 bridgehead atoms. The average molecular weight is 429 g/mol. The Bertz CT molecular complexity index is 1130. The molecule has 0 spiro atoms. The number of carbonyl (C=O) groups excluding carboxylic acids is 2. The van der Waals surface area contributed by atoms with Gasteiger partial charge in [0.2, 0.25) is 11.8 Å². The lowest BCUT2D eigenvalue weighted by Gasteiger charge is -2.21. The third-order valence-corrected chi connectivity index (χ3v) is 5.17. The van der Waals surface area contributed by atoms with E-state index in [0.717, 1.165) is 18.4 Å². The lowest BCUT2D eigenvalue weighted by Crippen LogP contribution is -2.32. The standard InChI is InChI=1S/C23H23N7O2/c24-14-5-15-29(19-8-2-1-3-9-19)22(32)13-12-21(31)25-18-7-4-6-17(16-18)23-26-27-28-30(23)20-10-11-20/h1-4,6-9,16,20H,5,10-13,15H2,(H,25,31). The maximum absolute atomic E-state index is 12.7. The number of carbonyl (C=O) groups is 2. The highest BCUT2D eigenvalue weighted by Gasteiger charge is 2.28. The average Bonchev–Trinajstić information content (AvgIpc) is 3.54. The van der Waals surface area contributed by atoms with Gasteiger partial charge >= 0.3 is 0 Å². The molecule has 3 aromatic rings. The van der Waals surface area contributed by atoms with Crippen LogP contribution < -0.4 is 10.2 Å². The minimum absolute atomic E-state index is 0.0404. The molecule has 0 aliphatic heterocycles. The van der Waals surface area contributed by atoms with Gasteiger partial charge in [-0.1, -0.05) is 30.3 Å². The van der Waals surface area contributed by atoms with Crippen LogP contribution in [0.3, 0.4) is 0 Å². The lowest BCUT2D eigenvalue weighted by atomic mass is 10.1. The molecule has 162 valence electrons. The number of nitrogens with zero attached hydrogens (tertiary/aromatic N) is 6. The first-order chi connectivity index (χ1) is 15.7. The fourth-order valence-corrected chi connectivity index (χ4v) is 3.43. The number of amides is 2. The minimum atomic E-state index is -0.259. The van der Waals surface area contributed by atoms with Gasteiger partial charge in [-0.3, -0.25) is 9.59 Å². The Labute approximate surface area is 185 Å². The van der Waals surface area contributed by atoms with E-state index in [2.05, 4.69) is 26.9 Å². The van der Waals surface area contributed by atoms with Crippen molar-refractivity contribution in [2.45, 2.75) is 38.1 Å². The Balaban J connectivity index is 1.37. The Hall–Kier alpha value is -4.06. The van der Waals surface area contributed by atoms with Crippen LogP contribution in [0.2, 0.25) is 0 Å². The molecule has 2 aromatic carbocycles. The molecule has 0 atom stereocenters. The van der Waals surface area contributed by atoms with Crippen molar-refractivity contribution >= 4 is 23.2 Å². The summed E-state index contributed by atoms with van der Waals surface area (Å²) in [7, 11) is 0. The van der Waals surface area contributed by atoms with Crippen molar-refractivity contribution in [3.05, 3.63) is 54.6 Å². The Kier molecular flexibility index (Phi) is 6.51. The number of aromatic nitrogens is 4. The maximum atomic E-state index is 12.7. The number of benzene rings is 2. The van der Waals surface area contributed by atoms with Crippen molar-refractivity contribution in [3.63, 3.8) is 0 Å². The molecule has 0 unspecified atom stereocenters. The van der Waals surface area contributed by atoms with E-state index >= 15 is 0 Å². The van der Waals surface area contributed by atoms with E-state index in [4.69, 9.17) is 5.26 Å². The molecule has 1 fully saturated rings. The predicted octanol–water partition coefficient (Wildman–Crippen LogP) is 3.34. The molecule has 4 rings (SSSR count). The fourth-order valence-electron chi connectivity index (χ4n) is 3.43. The van der Waals surface area contributed by atoms with E-state index in [0.29, 0.717) is 29.8 Å². The molecular weight excluding hydrogens is 406 g/mol. The topological polar surface area (TPSA) is 117 Å². The molecule has 0 saturated heterocycles. The van der Waals surface area contributed by atoms with E-state index in [1.165, 1.54) is 0 Å². The van der Waals surface area contributed by atoms with Crippen molar-refractivity contribution < 1.29 is 9.59 Å². The molecule has 1 saturated carbocycles. The van der Waals surface area contributed by atoms with Gasteiger partial charge in [0.05, 0.1) is 18.5 Å². The highest BCUT2D eigenvalue weighted by atomic mass is 16.2. The zero-order chi connectivity index (χ0) is 22.3.